The Kier molecular flexibility index (Phi) is 6.07. The predicted molar refractivity (Wildman–Crippen MR) is 90.0 cm³/mol. The summed E-state index contributed by atoms with van der Waals surface area (Å²) in [6, 6.07) is 14.3. The van der Waals surface area contributed by atoms with Crippen LogP contribution in [0.3, 0.4) is 0 Å². The normalized spacial score (nSPS) is 10.6. The monoisotopic (exact) mass is 397 g/mol. The van der Waals surface area contributed by atoms with E-state index in [1.54, 1.807) is 0 Å². The second-order valence-electron chi connectivity index (χ2n) is 4.46. The minimum Gasteiger partial charge on any atom is -0.488 e. The van der Waals surface area contributed by atoms with Crippen molar-refractivity contribution in [3.63, 3.8) is 0 Å². The van der Waals surface area contributed by atoms with Crippen LogP contribution in [-0.2, 0) is 13.2 Å². The molecule has 2 aromatic rings. The minimum atomic E-state index is 0.560. The molecule has 0 atom stereocenters. The molecule has 0 radical (unpaired) electrons. The van der Waals surface area contributed by atoms with Crippen molar-refractivity contribution >= 4 is 31.9 Å². The maximum absolute atomic E-state index is 5.85. The molecule has 0 aliphatic carbocycles. The predicted octanol–water partition coefficient (Wildman–Crippen LogP) is 4.90. The first-order valence-electron chi connectivity index (χ1n) is 6.55. The van der Waals surface area contributed by atoms with Gasteiger partial charge in [-0.25, -0.2) is 0 Å². The summed E-state index contributed by atoms with van der Waals surface area (Å²) >= 11 is 7.03. The van der Waals surface area contributed by atoms with E-state index in [0.717, 1.165) is 33.3 Å². The third kappa shape index (κ3) is 4.62. The van der Waals surface area contributed by atoms with Gasteiger partial charge in [0.25, 0.3) is 0 Å². The average molecular weight is 399 g/mol. The Morgan fingerprint density at radius 2 is 1.90 bits per heavy atom. The van der Waals surface area contributed by atoms with Crippen molar-refractivity contribution in [3.8, 4) is 5.75 Å². The van der Waals surface area contributed by atoms with E-state index in [0.29, 0.717) is 6.61 Å². The minimum absolute atomic E-state index is 0.560. The van der Waals surface area contributed by atoms with Crippen molar-refractivity contribution in [1.82, 2.24) is 5.32 Å². The van der Waals surface area contributed by atoms with Crippen molar-refractivity contribution < 1.29 is 4.74 Å². The SMILES string of the molecule is CCNCc1ccc(OCc2cccc(Br)c2)c(Br)c1. The standard InChI is InChI=1S/C16H17Br2NO/c1-2-19-10-12-6-7-16(15(18)9-12)20-11-13-4-3-5-14(17)8-13/h3-9,19H,2,10-11H2,1H3. The van der Waals surface area contributed by atoms with Crippen LogP contribution in [0.2, 0.25) is 0 Å². The number of rotatable bonds is 6. The highest BCUT2D eigenvalue weighted by Crippen LogP contribution is 2.27. The summed E-state index contributed by atoms with van der Waals surface area (Å²) in [6.45, 7) is 4.51. The number of hydrogen-bond acceptors (Lipinski definition) is 2. The van der Waals surface area contributed by atoms with Crippen LogP contribution in [0.1, 0.15) is 18.1 Å². The molecule has 0 aromatic heterocycles. The van der Waals surface area contributed by atoms with E-state index in [1.165, 1.54) is 5.56 Å². The van der Waals surface area contributed by atoms with Crippen LogP contribution in [0, 0.1) is 0 Å². The van der Waals surface area contributed by atoms with Gasteiger partial charge < -0.3 is 10.1 Å². The highest BCUT2D eigenvalue weighted by molar-refractivity contribution is 9.10. The van der Waals surface area contributed by atoms with E-state index >= 15 is 0 Å². The molecule has 0 amide bonds. The van der Waals surface area contributed by atoms with Crippen LogP contribution >= 0.6 is 31.9 Å². The molecule has 0 saturated heterocycles. The molecule has 106 valence electrons. The van der Waals surface area contributed by atoms with Crippen molar-refractivity contribution in [2.45, 2.75) is 20.1 Å². The van der Waals surface area contributed by atoms with E-state index in [1.807, 2.05) is 18.2 Å². The molecule has 0 aliphatic rings. The lowest BCUT2D eigenvalue weighted by Gasteiger charge is -2.10. The fourth-order valence-corrected chi connectivity index (χ4v) is 2.82. The topological polar surface area (TPSA) is 21.3 Å². The van der Waals surface area contributed by atoms with E-state index in [2.05, 4.69) is 68.4 Å². The smallest absolute Gasteiger partial charge is 0.134 e. The third-order valence-electron chi connectivity index (χ3n) is 2.86. The Labute approximate surface area is 136 Å². The zero-order valence-electron chi connectivity index (χ0n) is 11.3. The van der Waals surface area contributed by atoms with Gasteiger partial charge in [-0.2, -0.15) is 0 Å². The zero-order valence-corrected chi connectivity index (χ0v) is 14.5. The van der Waals surface area contributed by atoms with Crippen LogP contribution in [0.15, 0.2) is 51.4 Å². The summed E-state index contributed by atoms with van der Waals surface area (Å²) in [4.78, 5) is 0. The molecular formula is C16H17Br2NO. The molecule has 0 spiro atoms. The summed E-state index contributed by atoms with van der Waals surface area (Å²) in [5.74, 6) is 0.866. The van der Waals surface area contributed by atoms with Gasteiger partial charge in [-0.1, -0.05) is 41.1 Å². The molecule has 1 N–H and O–H groups in total. The zero-order chi connectivity index (χ0) is 14.4. The van der Waals surface area contributed by atoms with Crippen LogP contribution in [0.25, 0.3) is 0 Å². The third-order valence-corrected chi connectivity index (χ3v) is 3.97. The van der Waals surface area contributed by atoms with Gasteiger partial charge in [-0.3, -0.25) is 0 Å². The Morgan fingerprint density at radius 1 is 1.05 bits per heavy atom. The van der Waals surface area contributed by atoms with Crippen molar-refractivity contribution in [1.29, 1.82) is 0 Å². The van der Waals surface area contributed by atoms with Gasteiger partial charge in [0.2, 0.25) is 0 Å². The molecule has 20 heavy (non-hydrogen) atoms. The van der Waals surface area contributed by atoms with Gasteiger partial charge in [0.05, 0.1) is 4.47 Å². The molecule has 2 nitrogen and oxygen atoms in total. The van der Waals surface area contributed by atoms with Gasteiger partial charge in [0, 0.05) is 11.0 Å². The van der Waals surface area contributed by atoms with Gasteiger partial charge in [-0.15, -0.1) is 0 Å². The second-order valence-corrected chi connectivity index (χ2v) is 6.23. The van der Waals surface area contributed by atoms with Crippen LogP contribution in [-0.4, -0.2) is 6.54 Å². The first-order valence-corrected chi connectivity index (χ1v) is 8.14. The summed E-state index contributed by atoms with van der Waals surface area (Å²) in [5, 5.41) is 3.31. The number of nitrogens with one attached hydrogen (secondary N) is 1. The summed E-state index contributed by atoms with van der Waals surface area (Å²) in [5.41, 5.74) is 2.39. The number of halogens is 2. The molecule has 2 aromatic carbocycles. The van der Waals surface area contributed by atoms with E-state index < -0.39 is 0 Å². The molecule has 0 saturated carbocycles. The lowest BCUT2D eigenvalue weighted by Crippen LogP contribution is -2.11. The number of benzene rings is 2. The highest BCUT2D eigenvalue weighted by Gasteiger charge is 2.03. The van der Waals surface area contributed by atoms with Crippen molar-refractivity contribution in [3.05, 3.63) is 62.5 Å². The summed E-state index contributed by atoms with van der Waals surface area (Å²) < 4.78 is 7.91. The molecule has 0 fully saturated rings. The molecule has 0 unspecified atom stereocenters. The molecule has 2 rings (SSSR count). The Hall–Kier alpha value is -0.840. The van der Waals surface area contributed by atoms with Crippen molar-refractivity contribution in [2.75, 3.05) is 6.54 Å². The van der Waals surface area contributed by atoms with Gasteiger partial charge in [0.15, 0.2) is 0 Å². The summed E-state index contributed by atoms with van der Waals surface area (Å²) in [7, 11) is 0. The van der Waals surface area contributed by atoms with Crippen LogP contribution in [0.5, 0.6) is 5.75 Å². The Balaban J connectivity index is 1.99. The van der Waals surface area contributed by atoms with Gasteiger partial charge in [-0.05, 0) is 57.9 Å². The number of hydrogen-bond donors (Lipinski definition) is 1. The van der Waals surface area contributed by atoms with Crippen LogP contribution in [0.4, 0.5) is 0 Å². The fraction of sp³-hybridized carbons (Fsp3) is 0.250. The maximum atomic E-state index is 5.85. The van der Waals surface area contributed by atoms with E-state index in [4.69, 9.17) is 4.74 Å². The molecule has 0 heterocycles. The number of ether oxygens (including phenoxy) is 1. The fourth-order valence-electron chi connectivity index (χ4n) is 1.83. The first-order chi connectivity index (χ1) is 9.69. The summed E-state index contributed by atoms with van der Waals surface area (Å²) in [6.07, 6.45) is 0. The van der Waals surface area contributed by atoms with E-state index in [-0.39, 0.29) is 0 Å². The van der Waals surface area contributed by atoms with Crippen molar-refractivity contribution in [2.24, 2.45) is 0 Å². The largest absolute Gasteiger partial charge is 0.488 e. The molecular weight excluding hydrogens is 382 g/mol. The molecule has 0 bridgehead atoms. The lowest BCUT2D eigenvalue weighted by molar-refractivity contribution is 0.304. The first kappa shape index (κ1) is 15.5. The second kappa shape index (κ2) is 7.81. The molecule has 0 aliphatic heterocycles. The van der Waals surface area contributed by atoms with E-state index in [9.17, 15) is 0 Å². The van der Waals surface area contributed by atoms with Gasteiger partial charge in [0.1, 0.15) is 12.4 Å². The van der Waals surface area contributed by atoms with Crippen LogP contribution < -0.4 is 10.1 Å². The maximum Gasteiger partial charge on any atom is 0.134 e. The van der Waals surface area contributed by atoms with Gasteiger partial charge >= 0.3 is 0 Å². The Morgan fingerprint density at radius 3 is 2.60 bits per heavy atom. The lowest BCUT2D eigenvalue weighted by atomic mass is 10.2. The molecule has 4 heteroatoms. The Bertz CT molecular complexity index is 572. The average Bonchev–Trinajstić information content (AvgIpc) is 2.44. The highest BCUT2D eigenvalue weighted by atomic mass is 79.9. The quantitative estimate of drug-likeness (QED) is 0.747.